The SMILES string of the molecule is CC.CC(Nc1cc(=O)cc[nH]1)P(O)O. The standard InChI is InChI=1S/C7H11N2O3P.C2H6/c1-5(13(11)12)9-7-4-6(10)2-3-8-7;1-2/h2-5,11-12H,1H3,(H2,8,9,10);1-2H3. The molecule has 1 heterocycles. The zero-order chi connectivity index (χ0) is 11.8. The molecule has 1 unspecified atom stereocenters. The van der Waals surface area contributed by atoms with Gasteiger partial charge in [-0.3, -0.25) is 4.79 Å². The lowest BCUT2D eigenvalue weighted by atomic mass is 10.4. The Labute approximate surface area is 90.1 Å². The van der Waals surface area contributed by atoms with Crippen LogP contribution in [-0.4, -0.2) is 20.6 Å². The highest BCUT2D eigenvalue weighted by atomic mass is 31.2. The summed E-state index contributed by atoms with van der Waals surface area (Å²) in [5.74, 6) is 0.0173. The Morgan fingerprint density at radius 3 is 2.53 bits per heavy atom. The summed E-state index contributed by atoms with van der Waals surface area (Å²) in [4.78, 5) is 31.3. The molecular formula is C9H17N2O3P. The number of aromatic nitrogens is 1. The molecule has 1 aromatic heterocycles. The van der Waals surface area contributed by atoms with Crippen LogP contribution in [0.2, 0.25) is 0 Å². The second-order valence-electron chi connectivity index (χ2n) is 2.58. The number of H-pyrrole nitrogens is 1. The predicted molar refractivity (Wildman–Crippen MR) is 62.9 cm³/mol. The largest absolute Gasteiger partial charge is 0.361 e. The minimum Gasteiger partial charge on any atom is -0.361 e. The van der Waals surface area contributed by atoms with Crippen molar-refractivity contribution in [3.05, 3.63) is 28.6 Å². The zero-order valence-corrected chi connectivity index (χ0v) is 9.95. The summed E-state index contributed by atoms with van der Waals surface area (Å²) < 4.78 is 0. The van der Waals surface area contributed by atoms with Crippen molar-refractivity contribution in [2.75, 3.05) is 5.32 Å². The Hall–Kier alpha value is -0.900. The van der Waals surface area contributed by atoms with Crippen LogP contribution >= 0.6 is 8.38 Å². The molecule has 0 aliphatic heterocycles. The molecule has 0 radical (unpaired) electrons. The Balaban J connectivity index is 0.000000921. The molecule has 0 saturated heterocycles. The van der Waals surface area contributed by atoms with E-state index in [1.54, 1.807) is 6.92 Å². The van der Waals surface area contributed by atoms with Gasteiger partial charge >= 0.3 is 0 Å². The molecule has 1 atom stereocenters. The van der Waals surface area contributed by atoms with Crippen molar-refractivity contribution in [2.24, 2.45) is 0 Å². The third-order valence-corrected chi connectivity index (χ3v) is 2.31. The van der Waals surface area contributed by atoms with Crippen LogP contribution in [0.5, 0.6) is 0 Å². The second kappa shape index (κ2) is 7.40. The highest BCUT2D eigenvalue weighted by molar-refractivity contribution is 7.46. The highest BCUT2D eigenvalue weighted by Gasteiger charge is 2.10. The van der Waals surface area contributed by atoms with E-state index in [9.17, 15) is 4.79 Å². The lowest BCUT2D eigenvalue weighted by Gasteiger charge is -2.14. The molecule has 0 amide bonds. The summed E-state index contributed by atoms with van der Waals surface area (Å²) in [7, 11) is -2.03. The third kappa shape index (κ3) is 5.52. The van der Waals surface area contributed by atoms with Gasteiger partial charge in [0.05, 0.1) is 5.78 Å². The van der Waals surface area contributed by atoms with E-state index < -0.39 is 14.2 Å². The van der Waals surface area contributed by atoms with E-state index in [2.05, 4.69) is 10.3 Å². The Bertz CT molecular complexity index is 327. The molecule has 86 valence electrons. The Morgan fingerprint density at radius 1 is 1.47 bits per heavy atom. The molecule has 0 saturated carbocycles. The number of nitrogens with one attached hydrogen (secondary N) is 2. The van der Waals surface area contributed by atoms with Crippen molar-refractivity contribution >= 4 is 14.2 Å². The molecule has 0 aliphatic rings. The first kappa shape index (κ1) is 14.1. The molecule has 0 aliphatic carbocycles. The van der Waals surface area contributed by atoms with Gasteiger partial charge in [-0.15, -0.1) is 0 Å². The molecule has 4 N–H and O–H groups in total. The topological polar surface area (TPSA) is 85.4 Å². The van der Waals surface area contributed by atoms with Gasteiger partial charge in [-0.05, 0) is 6.92 Å². The summed E-state index contributed by atoms with van der Waals surface area (Å²) in [6, 6.07) is 2.74. The maximum atomic E-state index is 10.9. The first-order chi connectivity index (χ1) is 7.09. The van der Waals surface area contributed by atoms with E-state index in [1.165, 1.54) is 18.3 Å². The molecule has 6 heteroatoms. The maximum Gasteiger partial charge on any atom is 0.188 e. The molecule has 1 rings (SSSR count). The maximum absolute atomic E-state index is 10.9. The fourth-order valence-corrected chi connectivity index (χ4v) is 1.07. The monoisotopic (exact) mass is 232 g/mol. The van der Waals surface area contributed by atoms with E-state index in [0.29, 0.717) is 5.82 Å². The first-order valence-electron chi connectivity index (χ1n) is 4.72. The number of hydrogen-bond donors (Lipinski definition) is 4. The molecule has 0 spiro atoms. The number of anilines is 1. The Kier molecular flexibility index (Phi) is 6.96. The Morgan fingerprint density at radius 2 is 2.07 bits per heavy atom. The van der Waals surface area contributed by atoms with Crippen molar-refractivity contribution in [3.63, 3.8) is 0 Å². The lowest BCUT2D eigenvalue weighted by Crippen LogP contribution is -2.15. The van der Waals surface area contributed by atoms with Gasteiger partial charge in [-0.1, -0.05) is 13.8 Å². The van der Waals surface area contributed by atoms with Gasteiger partial charge < -0.3 is 20.1 Å². The van der Waals surface area contributed by atoms with Gasteiger partial charge in [0, 0.05) is 18.3 Å². The summed E-state index contributed by atoms with van der Waals surface area (Å²) in [6.07, 6.45) is 1.49. The molecule has 5 nitrogen and oxygen atoms in total. The molecule has 15 heavy (non-hydrogen) atoms. The molecule has 0 bridgehead atoms. The van der Waals surface area contributed by atoms with Crippen LogP contribution in [0.25, 0.3) is 0 Å². The average molecular weight is 232 g/mol. The van der Waals surface area contributed by atoms with E-state index in [-0.39, 0.29) is 5.43 Å². The van der Waals surface area contributed by atoms with Crippen LogP contribution < -0.4 is 10.7 Å². The number of hydrogen-bond acceptors (Lipinski definition) is 4. The minimum absolute atomic E-state index is 0.131. The van der Waals surface area contributed by atoms with Crippen LogP contribution in [0.3, 0.4) is 0 Å². The lowest BCUT2D eigenvalue weighted by molar-refractivity contribution is 0.473. The first-order valence-corrected chi connectivity index (χ1v) is 6.03. The number of rotatable bonds is 3. The van der Waals surface area contributed by atoms with Crippen molar-refractivity contribution < 1.29 is 9.79 Å². The van der Waals surface area contributed by atoms with Gasteiger partial charge in [0.2, 0.25) is 0 Å². The van der Waals surface area contributed by atoms with Gasteiger partial charge in [0.1, 0.15) is 5.82 Å². The predicted octanol–water partition coefficient (Wildman–Crippen LogP) is 1.46. The normalized spacial score (nSPS) is 11.6. The molecule has 1 aromatic rings. The van der Waals surface area contributed by atoms with Crippen molar-refractivity contribution in [2.45, 2.75) is 26.6 Å². The van der Waals surface area contributed by atoms with Gasteiger partial charge in [-0.25, -0.2) is 0 Å². The third-order valence-electron chi connectivity index (χ3n) is 1.48. The van der Waals surface area contributed by atoms with E-state index >= 15 is 0 Å². The van der Waals surface area contributed by atoms with Crippen molar-refractivity contribution in [1.29, 1.82) is 0 Å². The van der Waals surface area contributed by atoms with Crippen LogP contribution in [0, 0.1) is 0 Å². The average Bonchev–Trinajstić information content (AvgIpc) is 2.20. The fraction of sp³-hybridized carbons (Fsp3) is 0.444. The summed E-state index contributed by atoms with van der Waals surface area (Å²) in [5.41, 5.74) is -0.131. The van der Waals surface area contributed by atoms with Crippen LogP contribution in [0.4, 0.5) is 5.82 Å². The zero-order valence-electron chi connectivity index (χ0n) is 9.06. The summed E-state index contributed by atoms with van der Waals surface area (Å²) in [5, 5.41) is 2.76. The van der Waals surface area contributed by atoms with E-state index in [0.717, 1.165) is 0 Å². The molecule has 0 fully saturated rings. The van der Waals surface area contributed by atoms with Crippen LogP contribution in [-0.2, 0) is 0 Å². The van der Waals surface area contributed by atoms with Gasteiger partial charge in [0.15, 0.2) is 13.8 Å². The van der Waals surface area contributed by atoms with Crippen LogP contribution in [0.1, 0.15) is 20.8 Å². The van der Waals surface area contributed by atoms with Crippen LogP contribution in [0.15, 0.2) is 23.1 Å². The number of aromatic amines is 1. The summed E-state index contributed by atoms with van der Waals surface area (Å²) in [6.45, 7) is 5.62. The van der Waals surface area contributed by atoms with E-state index in [4.69, 9.17) is 9.79 Å². The minimum atomic E-state index is -2.03. The second-order valence-corrected chi connectivity index (χ2v) is 3.99. The summed E-state index contributed by atoms with van der Waals surface area (Å²) >= 11 is 0. The van der Waals surface area contributed by atoms with Gasteiger partial charge in [-0.2, -0.15) is 0 Å². The van der Waals surface area contributed by atoms with E-state index in [1.807, 2.05) is 13.8 Å². The van der Waals surface area contributed by atoms with Crippen molar-refractivity contribution in [3.8, 4) is 0 Å². The molecular weight excluding hydrogens is 215 g/mol. The highest BCUT2D eigenvalue weighted by Crippen LogP contribution is 2.30. The number of pyridine rings is 1. The quantitative estimate of drug-likeness (QED) is 0.594. The fourth-order valence-electron chi connectivity index (χ4n) is 0.812. The smallest absolute Gasteiger partial charge is 0.188 e. The van der Waals surface area contributed by atoms with Crippen molar-refractivity contribution in [1.82, 2.24) is 4.98 Å². The molecule has 0 aromatic carbocycles. The van der Waals surface area contributed by atoms with Gasteiger partial charge in [0.25, 0.3) is 0 Å².